The fourth-order valence-electron chi connectivity index (χ4n) is 2.99. The fourth-order valence-corrected chi connectivity index (χ4v) is 2.99. The maximum atomic E-state index is 13.8. The quantitative estimate of drug-likeness (QED) is 0.649. The number of hydrogen-bond donors (Lipinski definition) is 2. The Bertz CT molecular complexity index is 1070. The number of rotatable bonds is 5. The van der Waals surface area contributed by atoms with E-state index in [1.807, 2.05) is 12.1 Å². The molecule has 0 saturated heterocycles. The molecule has 2 N–H and O–H groups in total. The molecule has 0 aliphatic rings. The predicted octanol–water partition coefficient (Wildman–Crippen LogP) is 4.58. The lowest BCUT2D eigenvalue weighted by Gasteiger charge is -2.19. The van der Waals surface area contributed by atoms with E-state index in [0.717, 1.165) is 11.6 Å². The Kier molecular flexibility index (Phi) is 6.01. The maximum Gasteiger partial charge on any atom is 0.256 e. The molecule has 6 nitrogen and oxygen atoms in total. The number of amides is 2. The fraction of sp³-hybridized carbons (Fsp3) is 0.261. The molecular weight excluding hydrogens is 383 g/mol. The van der Waals surface area contributed by atoms with E-state index in [1.54, 1.807) is 16.9 Å². The number of carbonyl (C=O) groups excluding carboxylic acids is 2. The summed E-state index contributed by atoms with van der Waals surface area (Å²) in [5.74, 6) is -0.927. The first-order chi connectivity index (χ1) is 14.1. The highest BCUT2D eigenvalue weighted by Crippen LogP contribution is 2.23. The number of benzene rings is 2. The third-order valence-electron chi connectivity index (χ3n) is 4.65. The van der Waals surface area contributed by atoms with Crippen LogP contribution in [-0.2, 0) is 16.8 Å². The van der Waals surface area contributed by atoms with E-state index >= 15 is 0 Å². The van der Waals surface area contributed by atoms with Crippen molar-refractivity contribution >= 4 is 23.3 Å². The van der Waals surface area contributed by atoms with Gasteiger partial charge in [0, 0.05) is 18.6 Å². The average Bonchev–Trinajstić information content (AvgIpc) is 3.09. The van der Waals surface area contributed by atoms with Crippen LogP contribution < -0.4 is 10.6 Å². The summed E-state index contributed by atoms with van der Waals surface area (Å²) in [7, 11) is 0. The molecule has 30 heavy (non-hydrogen) atoms. The highest BCUT2D eigenvalue weighted by atomic mass is 19.1. The van der Waals surface area contributed by atoms with Gasteiger partial charge in [0.15, 0.2) is 0 Å². The Morgan fingerprint density at radius 1 is 1.03 bits per heavy atom. The molecule has 3 aromatic rings. The lowest BCUT2D eigenvalue weighted by Crippen LogP contribution is -2.17. The lowest BCUT2D eigenvalue weighted by atomic mass is 9.87. The first-order valence-corrected chi connectivity index (χ1v) is 9.63. The van der Waals surface area contributed by atoms with Crippen molar-refractivity contribution in [1.29, 1.82) is 0 Å². The first kappa shape index (κ1) is 21.2. The molecule has 0 saturated carbocycles. The molecular formula is C23H25FN4O2. The van der Waals surface area contributed by atoms with E-state index in [4.69, 9.17) is 0 Å². The van der Waals surface area contributed by atoms with Gasteiger partial charge in [-0.05, 0) is 34.7 Å². The maximum absolute atomic E-state index is 13.8. The van der Waals surface area contributed by atoms with Crippen LogP contribution in [-0.4, -0.2) is 21.6 Å². The van der Waals surface area contributed by atoms with Crippen LogP contribution in [0.2, 0.25) is 0 Å². The van der Waals surface area contributed by atoms with Crippen molar-refractivity contribution in [3.63, 3.8) is 0 Å². The molecule has 2 aromatic carbocycles. The highest BCUT2D eigenvalue weighted by molar-refractivity contribution is 6.04. The smallest absolute Gasteiger partial charge is 0.256 e. The summed E-state index contributed by atoms with van der Waals surface area (Å²) in [5, 5.41) is 9.45. The van der Waals surface area contributed by atoms with Gasteiger partial charge in [0.05, 0.1) is 18.4 Å². The SMILES string of the molecule is CC(=O)Nc1cc(C(=O)Nc2ccnn2Cc2ccc(C(C)(C)C)cc2)ccc1F. The molecule has 0 fully saturated rings. The minimum absolute atomic E-state index is 0.0393. The monoisotopic (exact) mass is 408 g/mol. The molecule has 1 aromatic heterocycles. The van der Waals surface area contributed by atoms with Crippen molar-refractivity contribution < 1.29 is 14.0 Å². The molecule has 0 aliphatic carbocycles. The summed E-state index contributed by atoms with van der Waals surface area (Å²) >= 11 is 0. The number of hydrogen-bond acceptors (Lipinski definition) is 3. The first-order valence-electron chi connectivity index (χ1n) is 9.63. The molecule has 3 rings (SSSR count). The summed E-state index contributed by atoms with van der Waals surface area (Å²) < 4.78 is 15.5. The predicted molar refractivity (Wildman–Crippen MR) is 115 cm³/mol. The van der Waals surface area contributed by atoms with Gasteiger partial charge in [-0.1, -0.05) is 45.0 Å². The number of carbonyl (C=O) groups is 2. The van der Waals surface area contributed by atoms with Crippen LogP contribution in [0.5, 0.6) is 0 Å². The van der Waals surface area contributed by atoms with Crippen LogP contribution in [0.1, 0.15) is 49.2 Å². The Hall–Kier alpha value is -3.48. The van der Waals surface area contributed by atoms with Crippen LogP contribution in [0.25, 0.3) is 0 Å². The van der Waals surface area contributed by atoms with Crippen LogP contribution in [0, 0.1) is 5.82 Å². The lowest BCUT2D eigenvalue weighted by molar-refractivity contribution is -0.114. The molecule has 0 spiro atoms. The van der Waals surface area contributed by atoms with Crippen molar-refractivity contribution in [2.24, 2.45) is 0 Å². The summed E-state index contributed by atoms with van der Waals surface area (Å²) in [6, 6.07) is 13.8. The number of anilines is 2. The van der Waals surface area contributed by atoms with Crippen molar-refractivity contribution in [3.8, 4) is 0 Å². The number of nitrogens with one attached hydrogen (secondary N) is 2. The largest absolute Gasteiger partial charge is 0.324 e. The number of aromatic nitrogens is 2. The summed E-state index contributed by atoms with van der Waals surface area (Å²) in [5.41, 5.74) is 2.56. The van der Waals surface area contributed by atoms with E-state index in [1.165, 1.54) is 24.6 Å². The molecule has 0 bridgehead atoms. The molecule has 0 unspecified atom stereocenters. The van der Waals surface area contributed by atoms with Crippen molar-refractivity contribution in [1.82, 2.24) is 9.78 Å². The molecule has 1 heterocycles. The zero-order valence-electron chi connectivity index (χ0n) is 17.5. The molecule has 0 atom stereocenters. The van der Waals surface area contributed by atoms with Crippen LogP contribution in [0.4, 0.5) is 15.9 Å². The van der Waals surface area contributed by atoms with E-state index in [0.29, 0.717) is 12.4 Å². The van der Waals surface area contributed by atoms with Gasteiger partial charge >= 0.3 is 0 Å². The third kappa shape index (κ3) is 5.11. The second-order valence-corrected chi connectivity index (χ2v) is 8.15. The minimum Gasteiger partial charge on any atom is -0.324 e. The summed E-state index contributed by atoms with van der Waals surface area (Å²) in [6.07, 6.45) is 1.60. The second kappa shape index (κ2) is 8.49. The van der Waals surface area contributed by atoms with E-state index in [9.17, 15) is 14.0 Å². The van der Waals surface area contributed by atoms with E-state index in [2.05, 4.69) is 48.6 Å². The van der Waals surface area contributed by atoms with E-state index < -0.39 is 17.6 Å². The Morgan fingerprint density at radius 2 is 1.73 bits per heavy atom. The molecule has 156 valence electrons. The molecule has 2 amide bonds. The topological polar surface area (TPSA) is 76.0 Å². The van der Waals surface area contributed by atoms with Crippen LogP contribution >= 0.6 is 0 Å². The highest BCUT2D eigenvalue weighted by Gasteiger charge is 2.15. The van der Waals surface area contributed by atoms with Gasteiger partial charge in [-0.25, -0.2) is 9.07 Å². The average molecular weight is 408 g/mol. The Balaban J connectivity index is 1.74. The van der Waals surface area contributed by atoms with E-state index in [-0.39, 0.29) is 16.7 Å². The summed E-state index contributed by atoms with van der Waals surface area (Å²) in [6.45, 7) is 8.26. The van der Waals surface area contributed by atoms with Crippen molar-refractivity contribution in [2.45, 2.75) is 39.7 Å². The van der Waals surface area contributed by atoms with Gasteiger partial charge in [-0.2, -0.15) is 5.10 Å². The zero-order valence-corrected chi connectivity index (χ0v) is 17.5. The minimum atomic E-state index is -0.606. The van der Waals surface area contributed by atoms with Gasteiger partial charge in [-0.3, -0.25) is 9.59 Å². The van der Waals surface area contributed by atoms with Gasteiger partial charge in [0.2, 0.25) is 5.91 Å². The standard InChI is InChI=1S/C23H25FN4O2/c1-15(29)26-20-13-17(7-10-19(20)24)22(30)27-21-11-12-25-28(21)14-16-5-8-18(9-6-16)23(2,3)4/h5-13H,14H2,1-4H3,(H,26,29)(H,27,30). The molecule has 7 heteroatoms. The normalized spacial score (nSPS) is 11.2. The Morgan fingerprint density at radius 3 is 2.37 bits per heavy atom. The second-order valence-electron chi connectivity index (χ2n) is 8.15. The Labute approximate surface area is 175 Å². The van der Waals surface area contributed by atoms with Gasteiger partial charge in [-0.15, -0.1) is 0 Å². The zero-order chi connectivity index (χ0) is 21.9. The van der Waals surface area contributed by atoms with Gasteiger partial charge in [0.25, 0.3) is 5.91 Å². The van der Waals surface area contributed by atoms with Crippen LogP contribution in [0.3, 0.4) is 0 Å². The van der Waals surface area contributed by atoms with Gasteiger partial charge in [0.1, 0.15) is 11.6 Å². The summed E-state index contributed by atoms with van der Waals surface area (Å²) in [4.78, 5) is 23.8. The van der Waals surface area contributed by atoms with Crippen molar-refractivity contribution in [2.75, 3.05) is 10.6 Å². The van der Waals surface area contributed by atoms with Crippen LogP contribution in [0.15, 0.2) is 54.7 Å². The molecule has 0 radical (unpaired) electrons. The van der Waals surface area contributed by atoms with Crippen molar-refractivity contribution in [3.05, 3.63) is 77.2 Å². The molecule has 0 aliphatic heterocycles. The number of halogens is 1. The number of nitrogens with zero attached hydrogens (tertiary/aromatic N) is 2. The van der Waals surface area contributed by atoms with Gasteiger partial charge < -0.3 is 10.6 Å². The third-order valence-corrected chi connectivity index (χ3v) is 4.65.